The lowest BCUT2D eigenvalue weighted by molar-refractivity contribution is -0.469. The van der Waals surface area contributed by atoms with Gasteiger partial charge in [-0.15, -0.1) is 0 Å². The molecular weight excluding hydrogens is 318 g/mol. The maximum atomic E-state index is 12.8. The highest BCUT2D eigenvalue weighted by Crippen LogP contribution is 2.24. The minimum absolute atomic E-state index is 0.343. The summed E-state index contributed by atoms with van der Waals surface area (Å²) in [6.45, 7) is 4.46. The third-order valence-electron chi connectivity index (χ3n) is 5.05. The molecule has 128 valence electrons. The number of nitrogens with zero attached hydrogens (tertiary/aromatic N) is 1. The maximum Gasteiger partial charge on any atom is 0.183 e. The van der Waals surface area contributed by atoms with E-state index in [0.717, 1.165) is 43.2 Å². The van der Waals surface area contributed by atoms with Crippen LogP contribution in [0.15, 0.2) is 72.8 Å². The molecule has 0 radical (unpaired) electrons. The molecule has 0 spiro atoms. The molecule has 0 aromatic heterocycles. The van der Waals surface area contributed by atoms with Crippen molar-refractivity contribution >= 4 is 27.8 Å². The normalized spacial score (nSPS) is 12.0. The van der Waals surface area contributed by atoms with Gasteiger partial charge in [0.25, 0.3) is 0 Å². The molecule has 4 aromatic rings. The molecule has 0 atom stereocenters. The van der Waals surface area contributed by atoms with Gasteiger partial charge in [0.2, 0.25) is 0 Å². The van der Waals surface area contributed by atoms with Crippen LogP contribution in [0.4, 0.5) is 0 Å². The highest BCUT2D eigenvalue weighted by atomic mass is 16.5. The van der Waals surface area contributed by atoms with Crippen LogP contribution in [0, 0.1) is 19.1 Å². The molecule has 0 heterocycles. The summed E-state index contributed by atoms with van der Waals surface area (Å²) in [4.78, 5) is 0. The number of hydroxylamine groups is 1. The molecule has 0 unspecified atom stereocenters. The van der Waals surface area contributed by atoms with Gasteiger partial charge in [-0.1, -0.05) is 72.8 Å². The standard InChI is InChI=1S/C24H21NO/c1-17-11-13-19-7-3-5-9-21(19)23(17)15-25(26)16-24-18(2)12-14-20-8-4-6-10-22(20)24/h3-15H,16H2,1-2H3/b25-15-. The van der Waals surface area contributed by atoms with E-state index in [-0.39, 0.29) is 0 Å². The quantitative estimate of drug-likeness (QED) is 0.202. The predicted octanol–water partition coefficient (Wildman–Crippen LogP) is 5.74. The Morgan fingerprint density at radius 2 is 1.31 bits per heavy atom. The Kier molecular flexibility index (Phi) is 4.18. The molecule has 0 aliphatic heterocycles. The van der Waals surface area contributed by atoms with E-state index < -0.39 is 0 Å². The SMILES string of the molecule is Cc1ccc2ccccc2c1/C=[N+](\[O-])Cc1c(C)ccc2ccccc12. The first-order valence-corrected chi connectivity index (χ1v) is 8.88. The lowest BCUT2D eigenvalue weighted by Crippen LogP contribution is -2.08. The summed E-state index contributed by atoms with van der Waals surface area (Å²) in [5.41, 5.74) is 4.34. The van der Waals surface area contributed by atoms with Gasteiger partial charge in [-0.25, -0.2) is 4.74 Å². The molecule has 0 bridgehead atoms. The van der Waals surface area contributed by atoms with Crippen molar-refractivity contribution in [3.8, 4) is 0 Å². The van der Waals surface area contributed by atoms with Gasteiger partial charge in [-0.05, 0) is 46.5 Å². The van der Waals surface area contributed by atoms with Crippen LogP contribution in [0.3, 0.4) is 0 Å². The molecule has 0 aliphatic carbocycles. The third kappa shape index (κ3) is 2.95. The van der Waals surface area contributed by atoms with Gasteiger partial charge in [0, 0.05) is 11.1 Å². The van der Waals surface area contributed by atoms with Crippen LogP contribution in [-0.2, 0) is 6.54 Å². The summed E-state index contributed by atoms with van der Waals surface area (Å²) in [6, 6.07) is 24.8. The van der Waals surface area contributed by atoms with Crippen molar-refractivity contribution in [3.63, 3.8) is 0 Å². The number of fused-ring (bicyclic) bond motifs is 2. The van der Waals surface area contributed by atoms with E-state index in [0.29, 0.717) is 6.54 Å². The fourth-order valence-corrected chi connectivity index (χ4v) is 3.58. The van der Waals surface area contributed by atoms with E-state index in [2.05, 4.69) is 62.4 Å². The van der Waals surface area contributed by atoms with Crippen LogP contribution in [0.2, 0.25) is 0 Å². The highest BCUT2D eigenvalue weighted by Gasteiger charge is 2.10. The summed E-state index contributed by atoms with van der Waals surface area (Å²) in [5, 5.41) is 17.4. The molecule has 0 aliphatic rings. The minimum atomic E-state index is 0.343. The smallest absolute Gasteiger partial charge is 0.183 e. The molecule has 0 saturated carbocycles. The number of benzene rings is 4. The molecule has 0 saturated heterocycles. The first-order chi connectivity index (χ1) is 12.6. The molecule has 4 rings (SSSR count). The topological polar surface area (TPSA) is 26.1 Å². The van der Waals surface area contributed by atoms with Crippen molar-refractivity contribution in [2.24, 2.45) is 0 Å². The van der Waals surface area contributed by atoms with E-state index in [4.69, 9.17) is 0 Å². The summed E-state index contributed by atoms with van der Waals surface area (Å²) >= 11 is 0. The van der Waals surface area contributed by atoms with Crippen molar-refractivity contribution in [1.82, 2.24) is 0 Å². The molecule has 0 amide bonds. The third-order valence-corrected chi connectivity index (χ3v) is 5.05. The zero-order chi connectivity index (χ0) is 18.1. The van der Waals surface area contributed by atoms with E-state index in [9.17, 15) is 5.21 Å². The Labute approximate surface area is 153 Å². The monoisotopic (exact) mass is 339 g/mol. The van der Waals surface area contributed by atoms with Crippen LogP contribution in [0.1, 0.15) is 22.3 Å². The Balaban J connectivity index is 1.80. The first kappa shape index (κ1) is 16.3. The fraction of sp³-hybridized carbons (Fsp3) is 0.125. The minimum Gasteiger partial charge on any atom is -0.624 e. The highest BCUT2D eigenvalue weighted by molar-refractivity contribution is 5.99. The second-order valence-electron chi connectivity index (χ2n) is 6.80. The molecular formula is C24H21NO. The molecule has 26 heavy (non-hydrogen) atoms. The predicted molar refractivity (Wildman–Crippen MR) is 110 cm³/mol. The molecule has 2 heteroatoms. The number of rotatable bonds is 3. The van der Waals surface area contributed by atoms with E-state index in [1.54, 1.807) is 6.21 Å². The Hall–Kier alpha value is -3.13. The lowest BCUT2D eigenvalue weighted by atomic mass is 9.99. The van der Waals surface area contributed by atoms with Gasteiger partial charge in [0.1, 0.15) is 0 Å². The molecule has 0 fully saturated rings. The fourth-order valence-electron chi connectivity index (χ4n) is 3.58. The van der Waals surface area contributed by atoms with Gasteiger partial charge in [-0.3, -0.25) is 0 Å². The molecule has 4 aromatic carbocycles. The Morgan fingerprint density at radius 1 is 0.731 bits per heavy atom. The summed E-state index contributed by atoms with van der Waals surface area (Å²) in [5.74, 6) is 0. The Bertz CT molecular complexity index is 1140. The molecule has 0 N–H and O–H groups in total. The van der Waals surface area contributed by atoms with E-state index in [1.165, 1.54) is 5.39 Å². The van der Waals surface area contributed by atoms with Gasteiger partial charge in [0.05, 0.1) is 0 Å². The Morgan fingerprint density at radius 3 is 2.04 bits per heavy atom. The van der Waals surface area contributed by atoms with Crippen molar-refractivity contribution < 1.29 is 4.74 Å². The summed E-state index contributed by atoms with van der Waals surface area (Å²) in [6.07, 6.45) is 1.74. The average Bonchev–Trinajstić information content (AvgIpc) is 2.66. The van der Waals surface area contributed by atoms with E-state index in [1.807, 2.05) is 24.3 Å². The summed E-state index contributed by atoms with van der Waals surface area (Å²) in [7, 11) is 0. The van der Waals surface area contributed by atoms with E-state index >= 15 is 0 Å². The van der Waals surface area contributed by atoms with Crippen molar-refractivity contribution in [2.45, 2.75) is 20.4 Å². The average molecular weight is 339 g/mol. The first-order valence-electron chi connectivity index (χ1n) is 8.88. The number of aryl methyl sites for hydroxylation is 2. The number of hydrogen-bond donors (Lipinski definition) is 0. The van der Waals surface area contributed by atoms with Crippen molar-refractivity contribution in [1.29, 1.82) is 0 Å². The second-order valence-corrected chi connectivity index (χ2v) is 6.80. The van der Waals surface area contributed by atoms with Gasteiger partial charge in [0.15, 0.2) is 12.8 Å². The second kappa shape index (κ2) is 6.64. The van der Waals surface area contributed by atoms with Gasteiger partial charge < -0.3 is 5.21 Å². The van der Waals surface area contributed by atoms with Crippen LogP contribution in [0.25, 0.3) is 21.5 Å². The zero-order valence-electron chi connectivity index (χ0n) is 15.1. The largest absolute Gasteiger partial charge is 0.624 e. The van der Waals surface area contributed by atoms with Crippen LogP contribution < -0.4 is 0 Å². The van der Waals surface area contributed by atoms with Crippen LogP contribution in [0.5, 0.6) is 0 Å². The van der Waals surface area contributed by atoms with Gasteiger partial charge in [-0.2, -0.15) is 0 Å². The summed E-state index contributed by atoms with van der Waals surface area (Å²) < 4.78 is 1.06. The zero-order valence-corrected chi connectivity index (χ0v) is 15.1. The van der Waals surface area contributed by atoms with Crippen LogP contribution in [-0.4, -0.2) is 11.0 Å². The van der Waals surface area contributed by atoms with Crippen LogP contribution >= 0.6 is 0 Å². The lowest BCUT2D eigenvalue weighted by Gasteiger charge is -2.12. The number of hydrogen-bond acceptors (Lipinski definition) is 1. The molecule has 2 nitrogen and oxygen atoms in total. The van der Waals surface area contributed by atoms with Crippen molar-refractivity contribution in [2.75, 3.05) is 0 Å². The van der Waals surface area contributed by atoms with Gasteiger partial charge >= 0.3 is 0 Å². The maximum absolute atomic E-state index is 12.8. The van der Waals surface area contributed by atoms with Crippen molar-refractivity contribution in [3.05, 3.63) is 100 Å².